The molecule has 2 N–H and O–H groups in total. The summed E-state index contributed by atoms with van der Waals surface area (Å²) in [5.41, 5.74) is 2.27. The largest absolute Gasteiger partial charge is 0.488 e. The van der Waals surface area contributed by atoms with Gasteiger partial charge in [-0.25, -0.2) is 0 Å². The van der Waals surface area contributed by atoms with Crippen LogP contribution in [-0.4, -0.2) is 11.8 Å². The summed E-state index contributed by atoms with van der Waals surface area (Å²) in [5, 5.41) is 5.80. The maximum atomic E-state index is 12.9. The van der Waals surface area contributed by atoms with Gasteiger partial charge in [0.15, 0.2) is 0 Å². The number of halogens is 2. The van der Waals surface area contributed by atoms with Crippen LogP contribution in [0.3, 0.4) is 0 Å². The molecule has 0 aromatic heterocycles. The van der Waals surface area contributed by atoms with Gasteiger partial charge in [-0.3, -0.25) is 9.59 Å². The van der Waals surface area contributed by atoms with Gasteiger partial charge >= 0.3 is 0 Å². The third kappa shape index (κ3) is 5.59. The number of para-hydroxylation sites is 1. The lowest BCUT2D eigenvalue weighted by Gasteiger charge is -2.14. The molecular weight excluding hydrogens is 456 g/mol. The minimum Gasteiger partial charge on any atom is -0.488 e. The molecule has 29 heavy (non-hydrogen) atoms. The number of nitrogens with one attached hydrogen (secondary N) is 2. The van der Waals surface area contributed by atoms with Crippen molar-refractivity contribution < 1.29 is 14.3 Å². The van der Waals surface area contributed by atoms with Crippen molar-refractivity contribution in [1.82, 2.24) is 0 Å². The summed E-state index contributed by atoms with van der Waals surface area (Å²) in [4.78, 5) is 24.1. The molecule has 0 saturated carbocycles. The number of amides is 2. The molecule has 0 aliphatic carbocycles. The quantitative estimate of drug-likeness (QED) is 0.469. The predicted molar refractivity (Wildman–Crippen MR) is 119 cm³/mol. The predicted octanol–water partition coefficient (Wildman–Crippen LogP) is 5.89. The Balaban J connectivity index is 1.78. The number of hydrogen-bond donors (Lipinski definition) is 2. The zero-order chi connectivity index (χ0) is 20.8. The summed E-state index contributed by atoms with van der Waals surface area (Å²) >= 11 is 9.69. The van der Waals surface area contributed by atoms with Crippen molar-refractivity contribution in [1.29, 1.82) is 0 Å². The van der Waals surface area contributed by atoms with Crippen LogP contribution in [0.15, 0.2) is 71.2 Å². The van der Waals surface area contributed by atoms with E-state index in [-0.39, 0.29) is 11.8 Å². The van der Waals surface area contributed by atoms with E-state index in [4.69, 9.17) is 16.3 Å². The second-order valence-electron chi connectivity index (χ2n) is 6.21. The van der Waals surface area contributed by atoms with Gasteiger partial charge in [0, 0.05) is 22.6 Å². The molecule has 0 atom stereocenters. The van der Waals surface area contributed by atoms with Crippen molar-refractivity contribution >= 4 is 50.7 Å². The van der Waals surface area contributed by atoms with Gasteiger partial charge in [0.1, 0.15) is 12.4 Å². The van der Waals surface area contributed by atoms with Crippen molar-refractivity contribution in [2.24, 2.45) is 0 Å². The van der Waals surface area contributed by atoms with Crippen LogP contribution in [0.4, 0.5) is 11.4 Å². The van der Waals surface area contributed by atoms with Crippen molar-refractivity contribution in [2.75, 3.05) is 10.6 Å². The zero-order valence-corrected chi connectivity index (χ0v) is 17.9. The Morgan fingerprint density at radius 1 is 1.00 bits per heavy atom. The first kappa shape index (κ1) is 20.9. The van der Waals surface area contributed by atoms with Crippen LogP contribution in [0, 0.1) is 0 Å². The summed E-state index contributed by atoms with van der Waals surface area (Å²) in [6.45, 7) is 1.72. The molecule has 5 nitrogen and oxygen atoms in total. The highest BCUT2D eigenvalue weighted by atomic mass is 79.9. The minimum atomic E-state index is -0.366. The Morgan fingerprint density at radius 3 is 2.48 bits per heavy atom. The number of carbonyl (C=O) groups is 2. The first-order valence-electron chi connectivity index (χ1n) is 8.78. The zero-order valence-electron chi connectivity index (χ0n) is 15.5. The first-order chi connectivity index (χ1) is 13.9. The molecule has 0 heterocycles. The molecule has 0 spiro atoms. The number of hydrogen-bond acceptors (Lipinski definition) is 3. The van der Waals surface area contributed by atoms with Gasteiger partial charge in [-0.2, -0.15) is 0 Å². The fourth-order valence-electron chi connectivity index (χ4n) is 2.64. The molecule has 0 aliphatic rings. The van der Waals surface area contributed by atoms with E-state index in [0.717, 1.165) is 10.0 Å². The Kier molecular flexibility index (Phi) is 6.90. The van der Waals surface area contributed by atoms with E-state index in [1.165, 1.54) is 6.92 Å². The van der Waals surface area contributed by atoms with Crippen LogP contribution in [0.25, 0.3) is 0 Å². The molecule has 0 saturated heterocycles. The minimum absolute atomic E-state index is 0.213. The molecule has 148 valence electrons. The van der Waals surface area contributed by atoms with Crippen LogP contribution in [0.1, 0.15) is 22.8 Å². The van der Waals surface area contributed by atoms with Crippen molar-refractivity contribution in [2.45, 2.75) is 13.5 Å². The number of ether oxygens (including phenoxy) is 1. The van der Waals surface area contributed by atoms with Gasteiger partial charge in [0.05, 0.1) is 16.3 Å². The lowest BCUT2D eigenvalue weighted by atomic mass is 10.1. The molecule has 0 aliphatic heterocycles. The Hall–Kier alpha value is -2.83. The van der Waals surface area contributed by atoms with Crippen molar-refractivity contribution in [3.8, 4) is 5.75 Å². The lowest BCUT2D eigenvalue weighted by Crippen LogP contribution is -2.14. The average molecular weight is 474 g/mol. The molecule has 3 rings (SSSR count). The number of anilines is 2. The summed E-state index contributed by atoms with van der Waals surface area (Å²) in [6, 6.07) is 19.6. The van der Waals surface area contributed by atoms with E-state index < -0.39 is 0 Å². The van der Waals surface area contributed by atoms with E-state index >= 15 is 0 Å². The second-order valence-corrected chi connectivity index (χ2v) is 7.47. The molecule has 2 amide bonds. The standard InChI is InChI=1S/C22H18BrClN2O3/c1-14(27)25-16-10-11-19(24)20(12-16)26-22(28)17-7-3-5-9-21(17)29-13-15-6-2-4-8-18(15)23/h2-12H,13H2,1H3,(H,25,27)(H,26,28). The van der Waals surface area contributed by atoms with Gasteiger partial charge in [-0.1, -0.05) is 57.9 Å². The van der Waals surface area contributed by atoms with Crippen LogP contribution >= 0.6 is 27.5 Å². The number of rotatable bonds is 6. The highest BCUT2D eigenvalue weighted by Crippen LogP contribution is 2.28. The monoisotopic (exact) mass is 472 g/mol. The second kappa shape index (κ2) is 9.58. The molecule has 0 radical (unpaired) electrons. The van der Waals surface area contributed by atoms with Gasteiger partial charge in [-0.05, 0) is 36.4 Å². The van der Waals surface area contributed by atoms with E-state index in [9.17, 15) is 9.59 Å². The molecule has 7 heteroatoms. The summed E-state index contributed by atoms with van der Waals surface area (Å²) < 4.78 is 6.82. The van der Waals surface area contributed by atoms with Gasteiger partial charge in [0.25, 0.3) is 5.91 Å². The van der Waals surface area contributed by atoms with Crippen LogP contribution in [0.5, 0.6) is 5.75 Å². The summed E-state index contributed by atoms with van der Waals surface area (Å²) in [5.74, 6) is -0.125. The molecular formula is C22H18BrClN2O3. The fourth-order valence-corrected chi connectivity index (χ4v) is 3.21. The van der Waals surface area contributed by atoms with Crippen LogP contribution in [0.2, 0.25) is 5.02 Å². The molecule has 3 aromatic rings. The summed E-state index contributed by atoms with van der Waals surface area (Å²) in [6.07, 6.45) is 0. The maximum Gasteiger partial charge on any atom is 0.259 e. The van der Waals surface area contributed by atoms with Crippen LogP contribution in [-0.2, 0) is 11.4 Å². The van der Waals surface area contributed by atoms with E-state index in [1.807, 2.05) is 24.3 Å². The number of benzene rings is 3. The lowest BCUT2D eigenvalue weighted by molar-refractivity contribution is -0.114. The molecule has 0 fully saturated rings. The topological polar surface area (TPSA) is 67.4 Å². The molecule has 3 aromatic carbocycles. The van der Waals surface area contributed by atoms with E-state index in [2.05, 4.69) is 26.6 Å². The third-order valence-electron chi connectivity index (χ3n) is 4.01. The van der Waals surface area contributed by atoms with Gasteiger partial charge in [0.2, 0.25) is 5.91 Å². The number of carbonyl (C=O) groups excluding carboxylic acids is 2. The fraction of sp³-hybridized carbons (Fsp3) is 0.0909. The van der Waals surface area contributed by atoms with Crippen LogP contribution < -0.4 is 15.4 Å². The highest BCUT2D eigenvalue weighted by Gasteiger charge is 2.15. The summed E-state index contributed by atoms with van der Waals surface area (Å²) in [7, 11) is 0. The van der Waals surface area contributed by atoms with Gasteiger partial charge < -0.3 is 15.4 Å². The Morgan fingerprint density at radius 2 is 1.72 bits per heavy atom. The first-order valence-corrected chi connectivity index (χ1v) is 9.95. The van der Waals surface area contributed by atoms with Gasteiger partial charge in [-0.15, -0.1) is 0 Å². The SMILES string of the molecule is CC(=O)Nc1ccc(Cl)c(NC(=O)c2ccccc2OCc2ccccc2Br)c1. The molecule has 0 unspecified atom stereocenters. The smallest absolute Gasteiger partial charge is 0.259 e. The maximum absolute atomic E-state index is 12.9. The van der Waals surface area contributed by atoms with Crippen molar-refractivity contribution in [3.63, 3.8) is 0 Å². The van der Waals surface area contributed by atoms with E-state index in [0.29, 0.717) is 34.3 Å². The van der Waals surface area contributed by atoms with Crippen molar-refractivity contribution in [3.05, 3.63) is 87.4 Å². The normalized spacial score (nSPS) is 10.3. The molecule has 0 bridgehead atoms. The Labute approximate surface area is 182 Å². The highest BCUT2D eigenvalue weighted by molar-refractivity contribution is 9.10. The Bertz CT molecular complexity index is 1060. The van der Waals surface area contributed by atoms with E-state index in [1.54, 1.807) is 42.5 Å². The third-order valence-corrected chi connectivity index (χ3v) is 5.11. The average Bonchev–Trinajstić information content (AvgIpc) is 2.69.